The predicted molar refractivity (Wildman–Crippen MR) is 44.2 cm³/mol. The van der Waals surface area contributed by atoms with Crippen LogP contribution in [0.5, 0.6) is 0 Å². The van der Waals surface area contributed by atoms with E-state index in [4.69, 9.17) is 5.73 Å². The average molecular weight is 164 g/mol. The van der Waals surface area contributed by atoms with Crippen LogP contribution in [-0.4, -0.2) is 15.0 Å². The molecule has 0 aromatic carbocycles. The summed E-state index contributed by atoms with van der Waals surface area (Å²) in [5, 5.41) is 0. The van der Waals surface area contributed by atoms with Crippen molar-refractivity contribution >= 4 is 17.0 Å². The standard InChI is InChI=1S/C7H9N5/c1-2-12-4-11-6(8)5-7(12)10-3-9-5/h3-4H,2H2,1H3,(H2,8,9,10)/p+1. The Morgan fingerprint density at radius 1 is 1.58 bits per heavy atom. The minimum Gasteiger partial charge on any atom is -0.368 e. The summed E-state index contributed by atoms with van der Waals surface area (Å²) in [4.78, 5) is 11.1. The maximum atomic E-state index is 5.63. The van der Waals surface area contributed by atoms with Crippen LogP contribution >= 0.6 is 0 Å². The van der Waals surface area contributed by atoms with Crippen molar-refractivity contribution in [2.75, 3.05) is 5.73 Å². The van der Waals surface area contributed by atoms with E-state index < -0.39 is 0 Å². The van der Waals surface area contributed by atoms with Gasteiger partial charge in [0, 0.05) is 0 Å². The van der Waals surface area contributed by atoms with Gasteiger partial charge in [0.05, 0.1) is 6.54 Å². The molecule has 5 heteroatoms. The molecule has 0 radical (unpaired) electrons. The number of nitrogen functional groups attached to an aromatic ring is 1. The van der Waals surface area contributed by atoms with Crippen LogP contribution in [0.1, 0.15) is 6.92 Å². The first-order valence-electron chi connectivity index (χ1n) is 3.80. The number of anilines is 1. The van der Waals surface area contributed by atoms with Gasteiger partial charge in [-0.25, -0.2) is 4.57 Å². The second kappa shape index (κ2) is 2.44. The van der Waals surface area contributed by atoms with Gasteiger partial charge in [-0.3, -0.25) is 0 Å². The van der Waals surface area contributed by atoms with E-state index in [0.717, 1.165) is 17.7 Å². The first-order chi connectivity index (χ1) is 5.83. The fraction of sp³-hybridized carbons (Fsp3) is 0.286. The van der Waals surface area contributed by atoms with E-state index in [2.05, 4.69) is 15.0 Å². The van der Waals surface area contributed by atoms with Crippen LogP contribution in [0.4, 0.5) is 5.82 Å². The van der Waals surface area contributed by atoms with E-state index in [1.54, 1.807) is 12.7 Å². The number of hydrogen-bond donors (Lipinski definition) is 2. The van der Waals surface area contributed by atoms with E-state index >= 15 is 0 Å². The van der Waals surface area contributed by atoms with Crippen molar-refractivity contribution < 1.29 is 4.57 Å². The van der Waals surface area contributed by atoms with Gasteiger partial charge in [-0.2, -0.15) is 0 Å². The van der Waals surface area contributed by atoms with Gasteiger partial charge in [0.15, 0.2) is 11.8 Å². The molecule has 12 heavy (non-hydrogen) atoms. The maximum absolute atomic E-state index is 5.63. The molecule has 2 heterocycles. The fourth-order valence-electron chi connectivity index (χ4n) is 1.18. The Bertz CT molecular complexity index is 405. The quantitative estimate of drug-likeness (QED) is 0.576. The number of aromatic amines is 1. The molecule has 0 unspecified atom stereocenters. The number of nitrogens with two attached hydrogens (primary N) is 1. The van der Waals surface area contributed by atoms with E-state index in [1.807, 2.05) is 11.5 Å². The Morgan fingerprint density at radius 3 is 3.17 bits per heavy atom. The van der Waals surface area contributed by atoms with E-state index in [9.17, 15) is 0 Å². The molecule has 0 aliphatic rings. The summed E-state index contributed by atoms with van der Waals surface area (Å²) in [6, 6.07) is 0. The summed E-state index contributed by atoms with van der Waals surface area (Å²) in [5.74, 6) is 0.493. The zero-order valence-electron chi connectivity index (χ0n) is 6.78. The van der Waals surface area contributed by atoms with Crippen LogP contribution in [0.2, 0.25) is 0 Å². The molecule has 0 atom stereocenters. The Balaban J connectivity index is 2.82. The fourth-order valence-corrected chi connectivity index (χ4v) is 1.18. The van der Waals surface area contributed by atoms with Crippen LogP contribution in [0, 0.1) is 0 Å². The number of nitrogens with one attached hydrogen (secondary N) is 1. The van der Waals surface area contributed by atoms with Crippen LogP contribution in [0.15, 0.2) is 12.7 Å². The summed E-state index contributed by atoms with van der Waals surface area (Å²) in [6.07, 6.45) is 3.31. The zero-order valence-corrected chi connectivity index (χ0v) is 6.78. The van der Waals surface area contributed by atoms with Crippen molar-refractivity contribution in [1.29, 1.82) is 0 Å². The third-order valence-electron chi connectivity index (χ3n) is 1.82. The predicted octanol–water partition coefficient (Wildman–Crippen LogP) is -0.153. The summed E-state index contributed by atoms with van der Waals surface area (Å²) in [6.45, 7) is 2.88. The SMILES string of the molecule is CC[n+]1cnc(N)c2[nH]cnc21. The Morgan fingerprint density at radius 2 is 2.42 bits per heavy atom. The molecule has 0 saturated heterocycles. The van der Waals surface area contributed by atoms with Crippen molar-refractivity contribution in [3.05, 3.63) is 12.7 Å². The molecule has 2 aromatic rings. The van der Waals surface area contributed by atoms with Crippen molar-refractivity contribution in [3.8, 4) is 0 Å². The van der Waals surface area contributed by atoms with Gasteiger partial charge in [-0.15, -0.1) is 0 Å². The highest BCUT2D eigenvalue weighted by Gasteiger charge is 2.12. The van der Waals surface area contributed by atoms with Gasteiger partial charge in [0.2, 0.25) is 12.1 Å². The molecule has 5 nitrogen and oxygen atoms in total. The topological polar surface area (TPSA) is 71.5 Å². The lowest BCUT2D eigenvalue weighted by molar-refractivity contribution is -0.672. The smallest absolute Gasteiger partial charge is 0.293 e. The second-order valence-electron chi connectivity index (χ2n) is 2.52. The van der Waals surface area contributed by atoms with Crippen molar-refractivity contribution in [2.24, 2.45) is 0 Å². The van der Waals surface area contributed by atoms with Gasteiger partial charge in [0.25, 0.3) is 5.65 Å². The molecule has 0 fully saturated rings. The number of hydrogen-bond acceptors (Lipinski definition) is 3. The highest BCUT2D eigenvalue weighted by molar-refractivity contribution is 5.77. The normalized spacial score (nSPS) is 10.8. The minimum absolute atomic E-state index is 0.493. The molecule has 0 spiro atoms. The monoisotopic (exact) mass is 164 g/mol. The van der Waals surface area contributed by atoms with Crippen LogP contribution < -0.4 is 10.3 Å². The largest absolute Gasteiger partial charge is 0.368 e. The molecule has 3 N–H and O–H groups in total. The van der Waals surface area contributed by atoms with Gasteiger partial charge in [-0.05, 0) is 6.92 Å². The van der Waals surface area contributed by atoms with E-state index in [1.165, 1.54) is 0 Å². The first-order valence-corrected chi connectivity index (χ1v) is 3.80. The van der Waals surface area contributed by atoms with Gasteiger partial charge in [0.1, 0.15) is 0 Å². The number of nitrogens with zero attached hydrogens (tertiary/aromatic N) is 3. The summed E-state index contributed by atoms with van der Waals surface area (Å²) in [5.41, 5.74) is 7.29. The number of H-pyrrole nitrogens is 1. The van der Waals surface area contributed by atoms with Crippen molar-refractivity contribution in [2.45, 2.75) is 13.5 Å². The van der Waals surface area contributed by atoms with E-state index in [0.29, 0.717) is 5.82 Å². The molecule has 0 aliphatic carbocycles. The number of aromatic nitrogens is 4. The number of fused-ring (bicyclic) bond motifs is 1. The molecular formula is C7H10N5+. The van der Waals surface area contributed by atoms with Crippen LogP contribution in [-0.2, 0) is 6.54 Å². The lowest BCUT2D eigenvalue weighted by Crippen LogP contribution is -2.34. The molecule has 0 bridgehead atoms. The zero-order chi connectivity index (χ0) is 8.55. The first kappa shape index (κ1) is 7.02. The minimum atomic E-state index is 0.493. The molecule has 0 aliphatic heterocycles. The van der Waals surface area contributed by atoms with Crippen molar-refractivity contribution in [3.63, 3.8) is 0 Å². The lowest BCUT2D eigenvalue weighted by atomic mass is 10.5. The average Bonchev–Trinajstić information content (AvgIpc) is 2.54. The van der Waals surface area contributed by atoms with Gasteiger partial charge >= 0.3 is 0 Å². The highest BCUT2D eigenvalue weighted by atomic mass is 15.1. The molecule has 2 rings (SSSR count). The lowest BCUT2D eigenvalue weighted by Gasteiger charge is -1.94. The van der Waals surface area contributed by atoms with Gasteiger partial charge < -0.3 is 10.7 Å². The molecule has 62 valence electrons. The number of aryl methyl sites for hydroxylation is 1. The molecular weight excluding hydrogens is 154 g/mol. The Kier molecular flexibility index (Phi) is 1.43. The molecule has 0 saturated carbocycles. The third-order valence-corrected chi connectivity index (χ3v) is 1.82. The molecule has 0 amide bonds. The summed E-state index contributed by atoms with van der Waals surface area (Å²) < 4.78 is 1.93. The van der Waals surface area contributed by atoms with Crippen LogP contribution in [0.25, 0.3) is 11.2 Å². The van der Waals surface area contributed by atoms with E-state index in [-0.39, 0.29) is 0 Å². The number of imidazole rings is 1. The summed E-state index contributed by atoms with van der Waals surface area (Å²) in [7, 11) is 0. The Hall–Kier alpha value is -1.65. The summed E-state index contributed by atoms with van der Waals surface area (Å²) >= 11 is 0. The van der Waals surface area contributed by atoms with Gasteiger partial charge in [-0.1, -0.05) is 9.97 Å². The third kappa shape index (κ3) is 0.827. The van der Waals surface area contributed by atoms with Crippen molar-refractivity contribution in [1.82, 2.24) is 15.0 Å². The molecule has 2 aromatic heterocycles. The second-order valence-corrected chi connectivity index (χ2v) is 2.52. The highest BCUT2D eigenvalue weighted by Crippen LogP contribution is 2.08. The van der Waals surface area contributed by atoms with Crippen LogP contribution in [0.3, 0.4) is 0 Å². The number of rotatable bonds is 1. The maximum Gasteiger partial charge on any atom is 0.293 e. The Labute approximate surface area is 69.3 Å².